The number of nitrogens with zero attached hydrogens (tertiary/aromatic N) is 1. The summed E-state index contributed by atoms with van der Waals surface area (Å²) in [5.74, 6) is -1.09. The molecule has 88 valence electrons. The third-order valence-corrected chi connectivity index (χ3v) is 3.84. The van der Waals surface area contributed by atoms with Crippen LogP contribution in [0.4, 0.5) is 0 Å². The number of carbonyl (C=O) groups is 1. The second kappa shape index (κ2) is 4.82. The first-order chi connectivity index (χ1) is 7.99. The van der Waals surface area contributed by atoms with Gasteiger partial charge in [-0.1, -0.05) is 34.8 Å². The lowest BCUT2D eigenvalue weighted by atomic mass is 10.2. The van der Waals surface area contributed by atoms with Crippen molar-refractivity contribution in [3.05, 3.63) is 38.3 Å². The summed E-state index contributed by atoms with van der Waals surface area (Å²) in [6.07, 6.45) is 0. The second-order valence-corrected chi connectivity index (χ2v) is 5.17. The Morgan fingerprint density at radius 2 is 2.00 bits per heavy atom. The van der Waals surface area contributed by atoms with Gasteiger partial charge < -0.3 is 5.11 Å². The van der Waals surface area contributed by atoms with E-state index in [2.05, 4.69) is 4.98 Å². The van der Waals surface area contributed by atoms with Crippen molar-refractivity contribution < 1.29 is 9.90 Å². The molecule has 0 aliphatic rings. The molecule has 0 aliphatic carbocycles. The van der Waals surface area contributed by atoms with Crippen LogP contribution in [0, 0.1) is 0 Å². The lowest BCUT2D eigenvalue weighted by Crippen LogP contribution is -1.95. The molecule has 2 aromatic rings. The monoisotopic (exact) mass is 307 g/mol. The molecule has 1 heterocycles. The summed E-state index contributed by atoms with van der Waals surface area (Å²) in [7, 11) is 0. The van der Waals surface area contributed by atoms with Gasteiger partial charge >= 0.3 is 5.97 Å². The molecule has 7 heteroatoms. The number of aromatic nitrogens is 1. The topological polar surface area (TPSA) is 50.2 Å². The van der Waals surface area contributed by atoms with Crippen LogP contribution < -0.4 is 0 Å². The average molecular weight is 309 g/mol. The van der Waals surface area contributed by atoms with E-state index in [4.69, 9.17) is 39.9 Å². The molecule has 0 fully saturated rings. The van der Waals surface area contributed by atoms with Crippen LogP contribution in [0.1, 0.15) is 10.5 Å². The fourth-order valence-corrected chi connectivity index (χ4v) is 2.77. The highest BCUT2D eigenvalue weighted by atomic mass is 35.5. The van der Waals surface area contributed by atoms with E-state index in [0.717, 1.165) is 0 Å². The third-order valence-electron chi connectivity index (χ3n) is 1.95. The summed E-state index contributed by atoms with van der Waals surface area (Å²) in [6.45, 7) is 0. The third kappa shape index (κ3) is 2.55. The van der Waals surface area contributed by atoms with Crippen LogP contribution in [0.25, 0.3) is 10.6 Å². The molecule has 0 radical (unpaired) electrons. The molecule has 3 nitrogen and oxygen atoms in total. The van der Waals surface area contributed by atoms with Gasteiger partial charge in [0.25, 0.3) is 0 Å². The summed E-state index contributed by atoms with van der Waals surface area (Å²) >= 11 is 18.9. The minimum absolute atomic E-state index is 0.0304. The van der Waals surface area contributed by atoms with E-state index in [1.54, 1.807) is 6.07 Å². The molecule has 0 aliphatic heterocycles. The quantitative estimate of drug-likeness (QED) is 0.833. The predicted octanol–water partition coefficient (Wildman–Crippen LogP) is 4.47. The van der Waals surface area contributed by atoms with Crippen molar-refractivity contribution >= 4 is 52.1 Å². The van der Waals surface area contributed by atoms with Gasteiger partial charge in [-0.25, -0.2) is 9.78 Å². The first kappa shape index (κ1) is 12.6. The number of carboxylic acid groups (broad SMARTS) is 1. The average Bonchev–Trinajstić information content (AvgIpc) is 2.72. The van der Waals surface area contributed by atoms with E-state index < -0.39 is 5.97 Å². The first-order valence-electron chi connectivity index (χ1n) is 4.33. The maximum absolute atomic E-state index is 10.7. The summed E-state index contributed by atoms with van der Waals surface area (Å²) < 4.78 is 0. The number of benzene rings is 1. The van der Waals surface area contributed by atoms with Crippen molar-refractivity contribution in [3.63, 3.8) is 0 Å². The van der Waals surface area contributed by atoms with Gasteiger partial charge in [-0.05, 0) is 12.1 Å². The van der Waals surface area contributed by atoms with Gasteiger partial charge in [-0.2, -0.15) is 0 Å². The fraction of sp³-hybridized carbons (Fsp3) is 0. The van der Waals surface area contributed by atoms with Crippen LogP contribution in [0.2, 0.25) is 15.1 Å². The molecule has 0 atom stereocenters. The number of aromatic carboxylic acids is 1. The van der Waals surface area contributed by atoms with Crippen LogP contribution in [-0.4, -0.2) is 16.1 Å². The molecule has 0 saturated heterocycles. The van der Waals surface area contributed by atoms with E-state index in [-0.39, 0.29) is 5.69 Å². The lowest BCUT2D eigenvalue weighted by Gasteiger charge is -2.03. The van der Waals surface area contributed by atoms with Gasteiger partial charge in [-0.15, -0.1) is 11.3 Å². The lowest BCUT2D eigenvalue weighted by molar-refractivity contribution is 0.0691. The van der Waals surface area contributed by atoms with Crippen molar-refractivity contribution in [3.8, 4) is 10.6 Å². The van der Waals surface area contributed by atoms with Crippen LogP contribution in [0.3, 0.4) is 0 Å². The summed E-state index contributed by atoms with van der Waals surface area (Å²) in [4.78, 5) is 14.7. The first-order valence-corrected chi connectivity index (χ1v) is 6.34. The smallest absolute Gasteiger partial charge is 0.355 e. The highest BCUT2D eigenvalue weighted by molar-refractivity contribution is 7.13. The Morgan fingerprint density at radius 3 is 2.59 bits per heavy atom. The molecule has 0 spiro atoms. The Kier molecular flexibility index (Phi) is 3.58. The highest BCUT2D eigenvalue weighted by Crippen LogP contribution is 2.37. The standard InChI is InChI=1S/C10H4Cl3NO2S/c11-4-1-5(8(13)6(12)2-4)9-14-7(3-17-9)10(15)16/h1-3H,(H,15,16). The van der Waals surface area contributed by atoms with Gasteiger partial charge in [0, 0.05) is 16.0 Å². The number of hydrogen-bond donors (Lipinski definition) is 1. The van der Waals surface area contributed by atoms with Crippen LogP contribution in [0.5, 0.6) is 0 Å². The molecule has 1 N–H and O–H groups in total. The molecule has 0 saturated carbocycles. The molecule has 17 heavy (non-hydrogen) atoms. The number of rotatable bonds is 2. The SMILES string of the molecule is O=C(O)c1csc(-c2cc(Cl)cc(Cl)c2Cl)n1. The van der Waals surface area contributed by atoms with Crippen molar-refractivity contribution in [1.82, 2.24) is 4.98 Å². The zero-order valence-electron chi connectivity index (χ0n) is 8.08. The largest absolute Gasteiger partial charge is 0.476 e. The van der Waals surface area contributed by atoms with Crippen LogP contribution >= 0.6 is 46.1 Å². The Hall–Kier alpha value is -0.810. The number of thiazole rings is 1. The van der Waals surface area contributed by atoms with Crippen molar-refractivity contribution in [1.29, 1.82) is 0 Å². The van der Waals surface area contributed by atoms with Crippen LogP contribution in [-0.2, 0) is 0 Å². The van der Waals surface area contributed by atoms with Gasteiger partial charge in [0.15, 0.2) is 5.69 Å². The molecule has 1 aromatic carbocycles. The molecule has 0 bridgehead atoms. The number of carboxylic acids is 1. The van der Waals surface area contributed by atoms with E-state index in [9.17, 15) is 4.79 Å². The van der Waals surface area contributed by atoms with Gasteiger partial charge in [0.05, 0.1) is 10.0 Å². The van der Waals surface area contributed by atoms with E-state index in [1.165, 1.54) is 22.8 Å². The normalized spacial score (nSPS) is 10.5. The van der Waals surface area contributed by atoms with Crippen molar-refractivity contribution in [2.75, 3.05) is 0 Å². The Bertz CT molecular complexity index is 597. The van der Waals surface area contributed by atoms with Crippen LogP contribution in [0.15, 0.2) is 17.5 Å². The zero-order chi connectivity index (χ0) is 12.6. The molecular weight excluding hydrogens is 305 g/mol. The maximum atomic E-state index is 10.7. The van der Waals surface area contributed by atoms with Crippen molar-refractivity contribution in [2.24, 2.45) is 0 Å². The molecule has 2 rings (SSSR count). The summed E-state index contributed by atoms with van der Waals surface area (Å²) in [6, 6.07) is 3.11. The Balaban J connectivity index is 2.56. The van der Waals surface area contributed by atoms with Gasteiger partial charge in [0.1, 0.15) is 5.01 Å². The zero-order valence-corrected chi connectivity index (χ0v) is 11.2. The predicted molar refractivity (Wildman–Crippen MR) is 69.5 cm³/mol. The minimum atomic E-state index is -1.09. The number of halogens is 3. The molecule has 0 unspecified atom stereocenters. The van der Waals surface area contributed by atoms with Crippen molar-refractivity contribution in [2.45, 2.75) is 0 Å². The minimum Gasteiger partial charge on any atom is -0.476 e. The van der Waals surface area contributed by atoms with Gasteiger partial charge in [-0.3, -0.25) is 0 Å². The van der Waals surface area contributed by atoms with E-state index in [1.807, 2.05) is 0 Å². The Labute approximate surface area is 116 Å². The molecule has 1 aromatic heterocycles. The Morgan fingerprint density at radius 1 is 1.29 bits per heavy atom. The van der Waals surface area contributed by atoms with E-state index in [0.29, 0.717) is 25.6 Å². The van der Waals surface area contributed by atoms with E-state index >= 15 is 0 Å². The summed E-state index contributed by atoms with van der Waals surface area (Å²) in [5, 5.41) is 11.7. The number of hydrogen-bond acceptors (Lipinski definition) is 3. The van der Waals surface area contributed by atoms with Gasteiger partial charge in [0.2, 0.25) is 0 Å². The summed E-state index contributed by atoms with van der Waals surface area (Å²) in [5.41, 5.74) is 0.499. The second-order valence-electron chi connectivity index (χ2n) is 3.09. The highest BCUT2D eigenvalue weighted by Gasteiger charge is 2.15. The molecular formula is C10H4Cl3NO2S. The fourth-order valence-electron chi connectivity index (χ4n) is 1.21. The maximum Gasteiger partial charge on any atom is 0.355 e. The molecule has 0 amide bonds.